The summed E-state index contributed by atoms with van der Waals surface area (Å²) in [4.78, 5) is 0. The Kier molecular flexibility index (Phi) is 4.66. The largest absolute Gasteiger partial charge is 0.454 e. The first-order valence-corrected chi connectivity index (χ1v) is 8.05. The van der Waals surface area contributed by atoms with Crippen LogP contribution in [0.5, 0.6) is 11.5 Å². The molecule has 0 amide bonds. The molecule has 3 unspecified atom stereocenters. The minimum atomic E-state index is -0.505. The average Bonchev–Trinajstić information content (AvgIpc) is 2.87. The number of aliphatic hydroxyl groups excluding tert-OH is 1. The van der Waals surface area contributed by atoms with Crippen molar-refractivity contribution in [2.75, 3.05) is 13.3 Å². The van der Waals surface area contributed by atoms with Crippen molar-refractivity contribution in [3.63, 3.8) is 0 Å². The highest BCUT2D eigenvalue weighted by Gasteiger charge is 2.21. The second kappa shape index (κ2) is 6.67. The Balaban J connectivity index is 1.57. The monoisotopic (exact) mass is 291 g/mol. The third kappa shape index (κ3) is 3.50. The number of fused-ring (bicyclic) bond motifs is 1. The highest BCUT2D eigenvalue weighted by Crippen LogP contribution is 2.34. The van der Waals surface area contributed by atoms with Gasteiger partial charge in [0.2, 0.25) is 6.79 Å². The molecule has 1 heterocycles. The van der Waals surface area contributed by atoms with E-state index in [-0.39, 0.29) is 6.79 Å². The summed E-state index contributed by atoms with van der Waals surface area (Å²) in [6.45, 7) is 3.18. The summed E-state index contributed by atoms with van der Waals surface area (Å²) in [5.74, 6) is 2.18. The van der Waals surface area contributed by atoms with Crippen LogP contribution in [-0.4, -0.2) is 24.5 Å². The topological polar surface area (TPSA) is 50.7 Å². The molecule has 4 heteroatoms. The van der Waals surface area contributed by atoms with E-state index in [1.54, 1.807) is 0 Å². The summed E-state index contributed by atoms with van der Waals surface area (Å²) in [7, 11) is 0. The maximum absolute atomic E-state index is 10.4. The number of nitrogens with one attached hydrogen (secondary N) is 1. The Labute approximate surface area is 126 Å². The molecule has 1 aromatic rings. The second-order valence-corrected chi connectivity index (χ2v) is 6.26. The quantitative estimate of drug-likeness (QED) is 0.837. The first-order chi connectivity index (χ1) is 10.2. The zero-order valence-electron chi connectivity index (χ0n) is 12.7. The molecule has 1 aliphatic carbocycles. The van der Waals surface area contributed by atoms with E-state index >= 15 is 0 Å². The van der Waals surface area contributed by atoms with Gasteiger partial charge in [0, 0.05) is 12.6 Å². The molecule has 0 saturated heterocycles. The van der Waals surface area contributed by atoms with Gasteiger partial charge in [-0.2, -0.15) is 0 Å². The molecule has 1 aromatic carbocycles. The first-order valence-electron chi connectivity index (χ1n) is 8.05. The van der Waals surface area contributed by atoms with Crippen molar-refractivity contribution in [2.24, 2.45) is 5.92 Å². The number of rotatable bonds is 4. The van der Waals surface area contributed by atoms with E-state index in [2.05, 4.69) is 12.2 Å². The predicted octanol–water partition coefficient (Wildman–Crippen LogP) is 3.01. The fourth-order valence-electron chi connectivity index (χ4n) is 3.30. The van der Waals surface area contributed by atoms with Crippen LogP contribution in [0.15, 0.2) is 18.2 Å². The van der Waals surface area contributed by atoms with Crippen LogP contribution in [0.1, 0.15) is 50.7 Å². The SMILES string of the molecule is CC1CCCCCC1NCC(O)c1ccc2c(c1)OCO2. The minimum absolute atomic E-state index is 0.271. The lowest BCUT2D eigenvalue weighted by molar-refractivity contribution is 0.162. The van der Waals surface area contributed by atoms with Gasteiger partial charge in [0.05, 0.1) is 6.10 Å². The van der Waals surface area contributed by atoms with E-state index in [9.17, 15) is 5.11 Å². The standard InChI is InChI=1S/C17H25NO3/c1-12-5-3-2-4-6-14(12)18-10-15(19)13-7-8-16-17(9-13)21-11-20-16/h7-9,12,14-15,18-19H,2-6,10-11H2,1H3. The van der Waals surface area contributed by atoms with Crippen LogP contribution in [-0.2, 0) is 0 Å². The fraction of sp³-hybridized carbons (Fsp3) is 0.647. The smallest absolute Gasteiger partial charge is 0.231 e. The summed E-state index contributed by atoms with van der Waals surface area (Å²) in [5, 5.41) is 13.9. The van der Waals surface area contributed by atoms with Gasteiger partial charge in [-0.3, -0.25) is 0 Å². The van der Waals surface area contributed by atoms with Gasteiger partial charge in [0.15, 0.2) is 11.5 Å². The van der Waals surface area contributed by atoms with E-state index in [1.165, 1.54) is 32.1 Å². The molecule has 1 saturated carbocycles. The van der Waals surface area contributed by atoms with E-state index in [0.717, 1.165) is 17.1 Å². The maximum atomic E-state index is 10.4. The van der Waals surface area contributed by atoms with Gasteiger partial charge in [0.1, 0.15) is 0 Å². The summed E-state index contributed by atoms with van der Waals surface area (Å²) >= 11 is 0. The van der Waals surface area contributed by atoms with Gasteiger partial charge >= 0.3 is 0 Å². The number of hydrogen-bond acceptors (Lipinski definition) is 4. The predicted molar refractivity (Wildman–Crippen MR) is 81.6 cm³/mol. The van der Waals surface area contributed by atoms with E-state index in [4.69, 9.17) is 9.47 Å². The molecule has 1 aliphatic heterocycles. The summed E-state index contributed by atoms with van der Waals surface area (Å²) in [5.41, 5.74) is 0.882. The molecule has 2 N–H and O–H groups in total. The highest BCUT2D eigenvalue weighted by atomic mass is 16.7. The van der Waals surface area contributed by atoms with Crippen molar-refractivity contribution in [3.8, 4) is 11.5 Å². The zero-order chi connectivity index (χ0) is 14.7. The first kappa shape index (κ1) is 14.7. The van der Waals surface area contributed by atoms with Crippen LogP contribution in [0.3, 0.4) is 0 Å². The number of hydrogen-bond donors (Lipinski definition) is 2. The van der Waals surface area contributed by atoms with Crippen LogP contribution in [0.25, 0.3) is 0 Å². The van der Waals surface area contributed by atoms with Crippen LogP contribution in [0.4, 0.5) is 0 Å². The van der Waals surface area contributed by atoms with Crippen LogP contribution < -0.4 is 14.8 Å². The molecule has 3 rings (SSSR count). The molecule has 2 aliphatic rings. The van der Waals surface area contributed by atoms with Crippen molar-refractivity contribution < 1.29 is 14.6 Å². The molecule has 1 fully saturated rings. The molecular formula is C17H25NO3. The van der Waals surface area contributed by atoms with Crippen molar-refractivity contribution in [3.05, 3.63) is 23.8 Å². The molecule has 0 aromatic heterocycles. The molecule has 3 atom stereocenters. The highest BCUT2D eigenvalue weighted by molar-refractivity contribution is 5.45. The second-order valence-electron chi connectivity index (χ2n) is 6.26. The van der Waals surface area contributed by atoms with E-state index in [1.807, 2.05) is 18.2 Å². The lowest BCUT2D eigenvalue weighted by Gasteiger charge is -2.24. The molecule has 0 spiro atoms. The zero-order valence-corrected chi connectivity index (χ0v) is 12.7. The fourth-order valence-corrected chi connectivity index (χ4v) is 3.30. The number of aliphatic hydroxyl groups is 1. The van der Waals surface area contributed by atoms with Gasteiger partial charge in [0.25, 0.3) is 0 Å². The lowest BCUT2D eigenvalue weighted by Crippen LogP contribution is -2.37. The molecule has 116 valence electrons. The molecular weight excluding hydrogens is 266 g/mol. The van der Waals surface area contributed by atoms with Gasteiger partial charge in [-0.1, -0.05) is 32.3 Å². The Hall–Kier alpha value is -1.26. The summed E-state index contributed by atoms with van der Waals surface area (Å²) < 4.78 is 10.7. The molecule has 4 nitrogen and oxygen atoms in total. The Bertz CT molecular complexity index is 477. The third-order valence-electron chi connectivity index (χ3n) is 4.72. The Morgan fingerprint density at radius 2 is 2.00 bits per heavy atom. The Morgan fingerprint density at radius 3 is 2.90 bits per heavy atom. The molecule has 21 heavy (non-hydrogen) atoms. The summed E-state index contributed by atoms with van der Waals surface area (Å²) in [6, 6.07) is 6.19. The average molecular weight is 291 g/mol. The molecule has 0 radical (unpaired) electrons. The van der Waals surface area contributed by atoms with Crippen molar-refractivity contribution >= 4 is 0 Å². The van der Waals surface area contributed by atoms with Gasteiger partial charge in [-0.15, -0.1) is 0 Å². The van der Waals surface area contributed by atoms with Gasteiger partial charge in [-0.25, -0.2) is 0 Å². The normalized spacial score (nSPS) is 26.4. The van der Waals surface area contributed by atoms with E-state index < -0.39 is 6.10 Å². The minimum Gasteiger partial charge on any atom is -0.454 e. The van der Waals surface area contributed by atoms with Crippen molar-refractivity contribution in [1.82, 2.24) is 5.32 Å². The third-order valence-corrected chi connectivity index (χ3v) is 4.72. The number of ether oxygens (including phenoxy) is 2. The van der Waals surface area contributed by atoms with Crippen molar-refractivity contribution in [1.29, 1.82) is 0 Å². The van der Waals surface area contributed by atoms with Crippen LogP contribution >= 0.6 is 0 Å². The van der Waals surface area contributed by atoms with Crippen LogP contribution in [0, 0.1) is 5.92 Å². The van der Waals surface area contributed by atoms with E-state index in [0.29, 0.717) is 18.5 Å². The Morgan fingerprint density at radius 1 is 1.19 bits per heavy atom. The summed E-state index contributed by atoms with van der Waals surface area (Å²) in [6.07, 6.45) is 5.97. The van der Waals surface area contributed by atoms with Gasteiger partial charge in [-0.05, 0) is 36.5 Å². The van der Waals surface area contributed by atoms with Crippen molar-refractivity contribution in [2.45, 2.75) is 51.2 Å². The van der Waals surface area contributed by atoms with Crippen LogP contribution in [0.2, 0.25) is 0 Å². The maximum Gasteiger partial charge on any atom is 0.231 e. The number of benzene rings is 1. The molecule has 0 bridgehead atoms. The lowest BCUT2D eigenvalue weighted by atomic mass is 9.96. The van der Waals surface area contributed by atoms with Gasteiger partial charge < -0.3 is 19.9 Å².